The molecule has 4 heteroatoms. The highest BCUT2D eigenvalue weighted by molar-refractivity contribution is 5.67. The van der Waals surface area contributed by atoms with Gasteiger partial charge in [-0.25, -0.2) is 4.79 Å². The standard InChI is InChI=1S/C9H17NO3/c1-9(2)6-7(4-5-13-9)10-8(11)12-3/h7H,4-6H2,1-3H3,(H,10,11). The minimum Gasteiger partial charge on any atom is -0.453 e. The first-order valence-electron chi connectivity index (χ1n) is 4.52. The molecule has 1 atom stereocenters. The zero-order valence-electron chi connectivity index (χ0n) is 8.42. The Kier molecular flexibility index (Phi) is 3.14. The van der Waals surface area contributed by atoms with Crippen molar-refractivity contribution in [3.8, 4) is 0 Å². The highest BCUT2D eigenvalue weighted by atomic mass is 16.5. The molecule has 0 aromatic heterocycles. The van der Waals surface area contributed by atoms with Crippen molar-refractivity contribution in [3.05, 3.63) is 0 Å². The Morgan fingerprint density at radius 2 is 2.31 bits per heavy atom. The van der Waals surface area contributed by atoms with Crippen molar-refractivity contribution >= 4 is 6.09 Å². The smallest absolute Gasteiger partial charge is 0.407 e. The molecule has 0 aliphatic carbocycles. The second-order valence-corrected chi connectivity index (χ2v) is 3.93. The number of ether oxygens (including phenoxy) is 2. The second kappa shape index (κ2) is 3.96. The van der Waals surface area contributed by atoms with Gasteiger partial charge in [0.15, 0.2) is 0 Å². The van der Waals surface area contributed by atoms with Crippen molar-refractivity contribution in [2.45, 2.75) is 38.3 Å². The van der Waals surface area contributed by atoms with Crippen LogP contribution in [-0.4, -0.2) is 31.5 Å². The van der Waals surface area contributed by atoms with Crippen molar-refractivity contribution < 1.29 is 14.3 Å². The molecule has 1 amide bonds. The molecule has 13 heavy (non-hydrogen) atoms. The summed E-state index contributed by atoms with van der Waals surface area (Å²) in [5.74, 6) is 0. The number of methoxy groups -OCH3 is 1. The lowest BCUT2D eigenvalue weighted by Gasteiger charge is -2.35. The van der Waals surface area contributed by atoms with Gasteiger partial charge in [-0.05, 0) is 26.7 Å². The molecule has 0 bridgehead atoms. The monoisotopic (exact) mass is 187 g/mol. The summed E-state index contributed by atoms with van der Waals surface area (Å²) < 4.78 is 10.0. The maximum absolute atomic E-state index is 10.9. The van der Waals surface area contributed by atoms with Gasteiger partial charge in [0.05, 0.1) is 12.7 Å². The first kappa shape index (κ1) is 10.3. The average Bonchev–Trinajstić information content (AvgIpc) is 2.02. The van der Waals surface area contributed by atoms with Gasteiger partial charge in [0.1, 0.15) is 0 Å². The first-order valence-corrected chi connectivity index (χ1v) is 4.52. The van der Waals surface area contributed by atoms with Crippen molar-refractivity contribution in [2.75, 3.05) is 13.7 Å². The summed E-state index contributed by atoms with van der Waals surface area (Å²) in [6.07, 6.45) is 1.34. The Morgan fingerprint density at radius 3 is 2.85 bits per heavy atom. The normalized spacial score (nSPS) is 26.5. The molecule has 1 fully saturated rings. The number of amides is 1. The third kappa shape index (κ3) is 3.22. The first-order chi connectivity index (χ1) is 6.03. The third-order valence-corrected chi connectivity index (χ3v) is 2.20. The molecule has 4 nitrogen and oxygen atoms in total. The summed E-state index contributed by atoms with van der Waals surface area (Å²) in [4.78, 5) is 10.9. The number of hydrogen-bond acceptors (Lipinski definition) is 3. The molecule has 0 aromatic carbocycles. The number of alkyl carbamates (subject to hydrolysis) is 1. The molecule has 1 saturated heterocycles. The van der Waals surface area contributed by atoms with Crippen LogP contribution in [0, 0.1) is 0 Å². The van der Waals surface area contributed by atoms with E-state index >= 15 is 0 Å². The largest absolute Gasteiger partial charge is 0.453 e. The lowest BCUT2D eigenvalue weighted by molar-refractivity contribution is -0.0619. The van der Waals surface area contributed by atoms with Crippen LogP contribution in [0.15, 0.2) is 0 Å². The fourth-order valence-electron chi connectivity index (χ4n) is 1.58. The minimum atomic E-state index is -0.359. The molecule has 1 rings (SSSR count). The van der Waals surface area contributed by atoms with Crippen LogP contribution in [0.3, 0.4) is 0 Å². The van der Waals surface area contributed by atoms with Crippen LogP contribution >= 0.6 is 0 Å². The van der Waals surface area contributed by atoms with Gasteiger partial charge in [0.2, 0.25) is 0 Å². The van der Waals surface area contributed by atoms with E-state index in [1.165, 1.54) is 7.11 Å². The Labute approximate surface area is 78.6 Å². The Bertz CT molecular complexity index is 191. The molecule has 1 unspecified atom stereocenters. The van der Waals surface area contributed by atoms with Crippen LogP contribution in [0.25, 0.3) is 0 Å². The molecule has 1 aliphatic rings. The van der Waals surface area contributed by atoms with E-state index in [2.05, 4.69) is 10.1 Å². The Balaban J connectivity index is 2.39. The van der Waals surface area contributed by atoms with Crippen LogP contribution in [0.4, 0.5) is 4.79 Å². The van der Waals surface area contributed by atoms with E-state index < -0.39 is 0 Å². The third-order valence-electron chi connectivity index (χ3n) is 2.20. The molecular formula is C9H17NO3. The summed E-state index contributed by atoms with van der Waals surface area (Å²) in [5.41, 5.74) is -0.135. The number of hydrogen-bond donors (Lipinski definition) is 1. The molecule has 0 saturated carbocycles. The summed E-state index contributed by atoms with van der Waals surface area (Å²) in [6.45, 7) is 4.75. The fourth-order valence-corrected chi connectivity index (χ4v) is 1.58. The van der Waals surface area contributed by atoms with Crippen molar-refractivity contribution in [3.63, 3.8) is 0 Å². The minimum absolute atomic E-state index is 0.135. The maximum Gasteiger partial charge on any atom is 0.407 e. The quantitative estimate of drug-likeness (QED) is 0.673. The number of rotatable bonds is 1. The van der Waals surface area contributed by atoms with E-state index in [1.807, 2.05) is 13.8 Å². The molecular weight excluding hydrogens is 170 g/mol. The summed E-state index contributed by atoms with van der Waals surface area (Å²) in [7, 11) is 1.37. The highest BCUT2D eigenvalue weighted by Gasteiger charge is 2.29. The molecule has 76 valence electrons. The fraction of sp³-hybridized carbons (Fsp3) is 0.889. The van der Waals surface area contributed by atoms with Gasteiger partial charge < -0.3 is 14.8 Å². The highest BCUT2D eigenvalue weighted by Crippen LogP contribution is 2.23. The van der Waals surface area contributed by atoms with Gasteiger partial charge in [-0.2, -0.15) is 0 Å². The van der Waals surface area contributed by atoms with Gasteiger partial charge in [0, 0.05) is 12.6 Å². The summed E-state index contributed by atoms with van der Waals surface area (Å²) in [5, 5.41) is 2.78. The van der Waals surface area contributed by atoms with Crippen LogP contribution in [0.2, 0.25) is 0 Å². The molecule has 0 radical (unpaired) electrons. The topological polar surface area (TPSA) is 47.6 Å². The Morgan fingerprint density at radius 1 is 1.62 bits per heavy atom. The number of carbonyl (C=O) groups is 1. The molecule has 1 heterocycles. The van der Waals surface area contributed by atoms with Gasteiger partial charge >= 0.3 is 6.09 Å². The Hall–Kier alpha value is -0.770. The second-order valence-electron chi connectivity index (χ2n) is 3.93. The summed E-state index contributed by atoms with van der Waals surface area (Å²) in [6, 6.07) is 0.177. The maximum atomic E-state index is 10.9. The molecule has 0 spiro atoms. The van der Waals surface area contributed by atoms with Gasteiger partial charge in [0.25, 0.3) is 0 Å². The van der Waals surface area contributed by atoms with Gasteiger partial charge in [-0.1, -0.05) is 0 Å². The van der Waals surface area contributed by atoms with E-state index in [-0.39, 0.29) is 17.7 Å². The lowest BCUT2D eigenvalue weighted by Crippen LogP contribution is -2.45. The van der Waals surface area contributed by atoms with Gasteiger partial charge in [-0.3, -0.25) is 0 Å². The molecule has 1 N–H and O–H groups in total. The predicted octanol–water partition coefficient (Wildman–Crippen LogP) is 1.30. The average molecular weight is 187 g/mol. The predicted molar refractivity (Wildman–Crippen MR) is 48.6 cm³/mol. The van der Waals surface area contributed by atoms with Gasteiger partial charge in [-0.15, -0.1) is 0 Å². The zero-order chi connectivity index (χ0) is 9.90. The van der Waals surface area contributed by atoms with Crippen molar-refractivity contribution in [2.24, 2.45) is 0 Å². The number of carbonyl (C=O) groups excluding carboxylic acids is 1. The van der Waals surface area contributed by atoms with Crippen LogP contribution < -0.4 is 5.32 Å². The molecule has 0 aromatic rings. The van der Waals surface area contributed by atoms with Crippen LogP contribution in [0.1, 0.15) is 26.7 Å². The van der Waals surface area contributed by atoms with E-state index in [1.54, 1.807) is 0 Å². The number of nitrogens with one attached hydrogen (secondary N) is 1. The molecule has 1 aliphatic heterocycles. The van der Waals surface area contributed by atoms with E-state index in [4.69, 9.17) is 4.74 Å². The van der Waals surface area contributed by atoms with E-state index in [0.717, 1.165) is 12.8 Å². The van der Waals surface area contributed by atoms with E-state index in [0.29, 0.717) is 6.61 Å². The van der Waals surface area contributed by atoms with Crippen LogP contribution in [-0.2, 0) is 9.47 Å². The van der Waals surface area contributed by atoms with Crippen LogP contribution in [0.5, 0.6) is 0 Å². The van der Waals surface area contributed by atoms with E-state index in [9.17, 15) is 4.79 Å². The zero-order valence-corrected chi connectivity index (χ0v) is 8.42. The SMILES string of the molecule is COC(=O)NC1CCOC(C)(C)C1. The van der Waals surface area contributed by atoms with Crippen molar-refractivity contribution in [1.82, 2.24) is 5.32 Å². The lowest BCUT2D eigenvalue weighted by atomic mass is 9.94. The van der Waals surface area contributed by atoms with Crippen molar-refractivity contribution in [1.29, 1.82) is 0 Å². The summed E-state index contributed by atoms with van der Waals surface area (Å²) >= 11 is 0.